The van der Waals surface area contributed by atoms with Crippen molar-refractivity contribution in [2.75, 3.05) is 13.2 Å². The molecule has 1 heterocycles. The molecule has 2 aromatic rings. The first kappa shape index (κ1) is 24.6. The Bertz CT molecular complexity index is 1050. The second kappa shape index (κ2) is 10.8. The Labute approximate surface area is 200 Å². The van der Waals surface area contributed by atoms with Gasteiger partial charge in [0.05, 0.1) is 6.10 Å². The van der Waals surface area contributed by atoms with E-state index < -0.39 is 49.1 Å². The lowest BCUT2D eigenvalue weighted by Gasteiger charge is -2.18. The second-order valence-corrected chi connectivity index (χ2v) is 8.56. The smallest absolute Gasteiger partial charge is 0.407 e. The van der Waals surface area contributed by atoms with E-state index in [4.69, 9.17) is 14.6 Å². The predicted octanol–water partition coefficient (Wildman–Crippen LogP) is 3.30. The van der Waals surface area contributed by atoms with Crippen LogP contribution >= 0.6 is 0 Å². The highest BCUT2D eigenvalue weighted by molar-refractivity contribution is 5.86. The van der Waals surface area contributed by atoms with Crippen LogP contribution < -0.4 is 10.6 Å². The van der Waals surface area contributed by atoms with E-state index in [-0.39, 0.29) is 25.5 Å². The lowest BCUT2D eigenvalue weighted by Crippen LogP contribution is -2.46. The van der Waals surface area contributed by atoms with Gasteiger partial charge in [-0.3, -0.25) is 4.79 Å². The SMILES string of the molecule is O=C(NCC1CCC(C(=O)NC(CC(F)F)C(=O)O)O1)OCC1c2ccccc2-c2ccccc21. The number of carboxylic acid groups (broad SMARTS) is 1. The maximum absolute atomic E-state index is 12.5. The second-order valence-electron chi connectivity index (χ2n) is 8.56. The van der Waals surface area contributed by atoms with Crippen LogP contribution in [0.1, 0.15) is 36.3 Å². The van der Waals surface area contributed by atoms with Gasteiger partial charge in [-0.25, -0.2) is 18.4 Å². The van der Waals surface area contributed by atoms with E-state index in [9.17, 15) is 23.2 Å². The van der Waals surface area contributed by atoms with Crippen molar-refractivity contribution in [3.05, 3.63) is 59.7 Å². The fourth-order valence-corrected chi connectivity index (χ4v) is 4.56. The Kier molecular flexibility index (Phi) is 7.60. The van der Waals surface area contributed by atoms with E-state index in [1.54, 1.807) is 0 Å². The lowest BCUT2D eigenvalue weighted by molar-refractivity contribution is -0.145. The third-order valence-electron chi connectivity index (χ3n) is 6.25. The van der Waals surface area contributed by atoms with Crippen LogP contribution in [-0.4, -0.2) is 60.9 Å². The molecule has 0 saturated carbocycles. The van der Waals surface area contributed by atoms with Crippen molar-refractivity contribution in [3.63, 3.8) is 0 Å². The Morgan fingerprint density at radius 2 is 1.66 bits per heavy atom. The molecule has 3 unspecified atom stereocenters. The molecule has 0 aromatic heterocycles. The van der Waals surface area contributed by atoms with Crippen LogP contribution in [0, 0.1) is 0 Å². The molecule has 2 aromatic carbocycles. The number of hydrogen-bond acceptors (Lipinski definition) is 5. The van der Waals surface area contributed by atoms with Crippen molar-refractivity contribution >= 4 is 18.0 Å². The van der Waals surface area contributed by atoms with E-state index in [1.807, 2.05) is 48.5 Å². The summed E-state index contributed by atoms with van der Waals surface area (Å²) < 4.78 is 36.1. The first-order chi connectivity index (χ1) is 16.8. The van der Waals surface area contributed by atoms with Crippen molar-refractivity contribution in [2.24, 2.45) is 0 Å². The monoisotopic (exact) mass is 488 g/mol. The Hall–Kier alpha value is -3.53. The molecule has 4 rings (SSSR count). The molecule has 3 atom stereocenters. The summed E-state index contributed by atoms with van der Waals surface area (Å²) in [7, 11) is 0. The van der Waals surface area contributed by atoms with E-state index in [0.717, 1.165) is 22.3 Å². The molecule has 10 heteroatoms. The van der Waals surface area contributed by atoms with E-state index in [0.29, 0.717) is 6.42 Å². The molecular formula is C25H26F2N2O6. The van der Waals surface area contributed by atoms with E-state index in [2.05, 4.69) is 10.6 Å². The van der Waals surface area contributed by atoms with Crippen molar-refractivity contribution in [1.29, 1.82) is 0 Å². The van der Waals surface area contributed by atoms with Crippen LogP contribution in [0.15, 0.2) is 48.5 Å². The molecule has 0 radical (unpaired) electrons. The molecule has 8 nitrogen and oxygen atoms in total. The fourth-order valence-electron chi connectivity index (χ4n) is 4.56. The van der Waals surface area contributed by atoms with Gasteiger partial charge in [-0.15, -0.1) is 0 Å². The molecule has 0 bridgehead atoms. The first-order valence-electron chi connectivity index (χ1n) is 11.4. The Balaban J connectivity index is 1.24. The zero-order valence-electron chi connectivity index (χ0n) is 18.8. The minimum Gasteiger partial charge on any atom is -0.480 e. The van der Waals surface area contributed by atoms with Crippen LogP contribution in [0.3, 0.4) is 0 Å². The molecule has 1 aliphatic carbocycles. The number of rotatable bonds is 9. The van der Waals surface area contributed by atoms with Gasteiger partial charge < -0.3 is 25.2 Å². The highest BCUT2D eigenvalue weighted by Gasteiger charge is 2.34. The maximum Gasteiger partial charge on any atom is 0.407 e. The van der Waals surface area contributed by atoms with Gasteiger partial charge in [-0.1, -0.05) is 48.5 Å². The van der Waals surface area contributed by atoms with Crippen LogP contribution in [0.25, 0.3) is 11.1 Å². The average molecular weight is 488 g/mol. The van der Waals surface area contributed by atoms with Gasteiger partial charge in [-0.05, 0) is 35.1 Å². The summed E-state index contributed by atoms with van der Waals surface area (Å²) in [6.45, 7) is 0.261. The van der Waals surface area contributed by atoms with Gasteiger partial charge in [0.2, 0.25) is 12.3 Å². The van der Waals surface area contributed by atoms with Crippen LogP contribution in [0.2, 0.25) is 0 Å². The van der Waals surface area contributed by atoms with E-state index in [1.165, 1.54) is 0 Å². The minimum atomic E-state index is -2.87. The highest BCUT2D eigenvalue weighted by Crippen LogP contribution is 2.44. The Morgan fingerprint density at radius 3 is 2.26 bits per heavy atom. The zero-order valence-corrected chi connectivity index (χ0v) is 18.8. The minimum absolute atomic E-state index is 0.0700. The summed E-state index contributed by atoms with van der Waals surface area (Å²) >= 11 is 0. The van der Waals surface area contributed by atoms with Gasteiger partial charge in [0, 0.05) is 18.9 Å². The highest BCUT2D eigenvalue weighted by atomic mass is 19.3. The maximum atomic E-state index is 12.5. The number of carboxylic acids is 1. The molecule has 2 aliphatic rings. The van der Waals surface area contributed by atoms with E-state index >= 15 is 0 Å². The molecule has 2 amide bonds. The van der Waals surface area contributed by atoms with Gasteiger partial charge >= 0.3 is 12.1 Å². The summed E-state index contributed by atoms with van der Waals surface area (Å²) in [4.78, 5) is 35.6. The van der Waals surface area contributed by atoms with Crippen LogP contribution in [0.5, 0.6) is 0 Å². The Morgan fingerprint density at radius 1 is 1.03 bits per heavy atom. The number of fused-ring (bicyclic) bond motifs is 3. The largest absolute Gasteiger partial charge is 0.480 e. The topological polar surface area (TPSA) is 114 Å². The number of benzene rings is 2. The molecular weight excluding hydrogens is 462 g/mol. The standard InChI is InChI=1S/C25H26F2N2O6/c26-22(27)11-20(24(31)32)29-23(30)21-10-9-14(35-21)12-28-25(33)34-13-19-17-7-3-1-5-15(17)16-6-2-4-8-18(16)19/h1-8,14,19-22H,9-13H2,(H,28,33)(H,29,30)(H,31,32). The molecule has 1 fully saturated rings. The molecule has 1 saturated heterocycles. The van der Waals surface area contributed by atoms with Gasteiger partial charge in [-0.2, -0.15) is 0 Å². The van der Waals surface area contributed by atoms with Crippen LogP contribution in [-0.2, 0) is 19.1 Å². The summed E-state index contributed by atoms with van der Waals surface area (Å²) in [5, 5.41) is 13.7. The lowest BCUT2D eigenvalue weighted by atomic mass is 9.98. The van der Waals surface area contributed by atoms with Gasteiger partial charge in [0.15, 0.2) is 0 Å². The van der Waals surface area contributed by atoms with Crippen LogP contribution in [0.4, 0.5) is 13.6 Å². The zero-order chi connectivity index (χ0) is 24.9. The number of carbonyl (C=O) groups is 3. The first-order valence-corrected chi connectivity index (χ1v) is 11.4. The number of hydrogen-bond donors (Lipinski definition) is 3. The summed E-state index contributed by atoms with van der Waals surface area (Å²) in [6, 6.07) is 14.3. The predicted molar refractivity (Wildman–Crippen MR) is 121 cm³/mol. The molecule has 3 N–H and O–H groups in total. The quantitative estimate of drug-likeness (QED) is 0.499. The molecule has 186 valence electrons. The number of nitrogens with one attached hydrogen (secondary N) is 2. The fraction of sp³-hybridized carbons (Fsp3) is 0.400. The number of aliphatic carboxylic acids is 1. The molecule has 1 aliphatic heterocycles. The number of alkyl halides is 2. The number of ether oxygens (including phenoxy) is 2. The third-order valence-corrected chi connectivity index (χ3v) is 6.25. The third kappa shape index (κ3) is 5.76. The normalized spacial score (nSPS) is 19.6. The van der Waals surface area contributed by atoms with Crippen molar-refractivity contribution in [2.45, 2.75) is 49.9 Å². The van der Waals surface area contributed by atoms with Crippen molar-refractivity contribution in [3.8, 4) is 11.1 Å². The summed E-state index contributed by atoms with van der Waals surface area (Å²) in [6.07, 6.45) is -5.20. The van der Waals surface area contributed by atoms with Gasteiger partial charge in [0.25, 0.3) is 0 Å². The number of carbonyl (C=O) groups excluding carboxylic acids is 2. The summed E-state index contributed by atoms with van der Waals surface area (Å²) in [5.41, 5.74) is 4.45. The molecule has 0 spiro atoms. The van der Waals surface area contributed by atoms with Crippen molar-refractivity contribution in [1.82, 2.24) is 10.6 Å². The summed E-state index contributed by atoms with van der Waals surface area (Å²) in [5.74, 6) is -2.37. The average Bonchev–Trinajstić information content (AvgIpc) is 3.44. The molecule has 35 heavy (non-hydrogen) atoms. The number of halogens is 2. The number of alkyl carbamates (subject to hydrolysis) is 1. The number of amides is 2. The van der Waals surface area contributed by atoms with Gasteiger partial charge in [0.1, 0.15) is 18.8 Å². The van der Waals surface area contributed by atoms with Crippen molar-refractivity contribution < 1.29 is 37.7 Å².